The van der Waals surface area contributed by atoms with Gasteiger partial charge in [-0.3, -0.25) is 4.90 Å². The summed E-state index contributed by atoms with van der Waals surface area (Å²) >= 11 is 14.2. The summed E-state index contributed by atoms with van der Waals surface area (Å²) in [7, 11) is 0. The Bertz CT molecular complexity index is 1640. The lowest BCUT2D eigenvalue weighted by molar-refractivity contribution is -0.192. The highest BCUT2D eigenvalue weighted by Gasteiger charge is 2.38. The van der Waals surface area contributed by atoms with E-state index in [-0.39, 0.29) is 0 Å². The Hall–Kier alpha value is -3.40. The number of nitrogens with one attached hydrogen (secondary N) is 1. The summed E-state index contributed by atoms with van der Waals surface area (Å²) in [5, 5.41) is 12.2. The van der Waals surface area contributed by atoms with Crippen molar-refractivity contribution < 1.29 is 36.2 Å². The molecule has 5 rings (SSSR count). The van der Waals surface area contributed by atoms with Gasteiger partial charge in [0.1, 0.15) is 10.5 Å². The van der Waals surface area contributed by atoms with E-state index in [1.54, 1.807) is 18.2 Å². The normalized spacial score (nSPS) is 14.4. The first-order chi connectivity index (χ1) is 21.5. The molecule has 2 N–H and O–H groups in total. The Morgan fingerprint density at radius 2 is 1.54 bits per heavy atom. The molecule has 2 aromatic carbocycles. The quantitative estimate of drug-likeness (QED) is 0.186. The van der Waals surface area contributed by atoms with Crippen molar-refractivity contribution in [2.45, 2.75) is 32.6 Å². The van der Waals surface area contributed by atoms with Crippen LogP contribution in [0.2, 0.25) is 10.0 Å². The zero-order valence-corrected chi connectivity index (χ0v) is 26.7. The van der Waals surface area contributed by atoms with E-state index in [9.17, 15) is 26.3 Å². The Kier molecular flexibility index (Phi) is 11.2. The number of piperazine rings is 1. The molecule has 1 saturated heterocycles. The highest BCUT2D eigenvalue weighted by molar-refractivity contribution is 7.18. The third-order valence-electron chi connectivity index (χ3n) is 6.68. The smallest absolute Gasteiger partial charge is 0.475 e. The predicted molar refractivity (Wildman–Crippen MR) is 166 cm³/mol. The van der Waals surface area contributed by atoms with Crippen LogP contribution >= 0.6 is 34.5 Å². The molecule has 4 aromatic rings. The minimum Gasteiger partial charge on any atom is -0.475 e. The van der Waals surface area contributed by atoms with Gasteiger partial charge in [-0.1, -0.05) is 54.5 Å². The second kappa shape index (κ2) is 14.6. The molecule has 17 heteroatoms. The number of aliphatic carboxylic acids is 1. The van der Waals surface area contributed by atoms with E-state index in [1.807, 2.05) is 0 Å². The number of hydrogen-bond acceptors (Lipinski definition) is 8. The molecule has 0 amide bonds. The van der Waals surface area contributed by atoms with E-state index < -0.39 is 23.9 Å². The van der Waals surface area contributed by atoms with E-state index >= 15 is 0 Å². The number of fused-ring (bicyclic) bond motifs is 1. The van der Waals surface area contributed by atoms with Gasteiger partial charge in [0.2, 0.25) is 5.95 Å². The van der Waals surface area contributed by atoms with Crippen LogP contribution in [0.5, 0.6) is 0 Å². The summed E-state index contributed by atoms with van der Waals surface area (Å²) in [6, 6.07) is 10.2. The first kappa shape index (κ1) is 35.5. The predicted octanol–water partition coefficient (Wildman–Crippen LogP) is 8.16. The van der Waals surface area contributed by atoms with Gasteiger partial charge in [0.15, 0.2) is 10.6 Å². The summed E-state index contributed by atoms with van der Waals surface area (Å²) in [6.45, 7) is 8.81. The molecule has 1 fully saturated rings. The minimum atomic E-state index is -5.08. The maximum absolute atomic E-state index is 13.1. The van der Waals surface area contributed by atoms with Crippen LogP contribution in [0.25, 0.3) is 10.3 Å². The summed E-state index contributed by atoms with van der Waals surface area (Å²) in [6.07, 6.45) is -9.07. The highest BCUT2D eigenvalue weighted by atomic mass is 35.5. The lowest BCUT2D eigenvalue weighted by Crippen LogP contribution is -2.48. The summed E-state index contributed by atoms with van der Waals surface area (Å²) < 4.78 is 71.0. The fraction of sp³-hybridized carbons (Fsp3) is 0.379. The van der Waals surface area contributed by atoms with Crippen LogP contribution in [0.1, 0.15) is 30.0 Å². The third kappa shape index (κ3) is 9.33. The van der Waals surface area contributed by atoms with Gasteiger partial charge in [-0.25, -0.2) is 9.78 Å². The van der Waals surface area contributed by atoms with E-state index in [4.69, 9.17) is 48.1 Å². The molecule has 1 aliphatic heterocycles. The first-order valence-electron chi connectivity index (χ1n) is 13.8. The largest absolute Gasteiger partial charge is 0.490 e. The number of hydrogen-bond donors (Lipinski definition) is 2. The molecule has 0 unspecified atom stereocenters. The Balaban J connectivity index is 0.000000617. The number of aromatic nitrogens is 3. The molecule has 1 aliphatic rings. The Morgan fingerprint density at radius 1 is 0.957 bits per heavy atom. The molecule has 0 radical (unpaired) electrons. The van der Waals surface area contributed by atoms with Crippen molar-refractivity contribution in [3.8, 4) is 0 Å². The maximum atomic E-state index is 13.1. The number of carbonyl (C=O) groups is 1. The van der Waals surface area contributed by atoms with Crippen molar-refractivity contribution in [1.82, 2.24) is 19.9 Å². The average molecular weight is 710 g/mol. The van der Waals surface area contributed by atoms with Crippen LogP contribution in [-0.2, 0) is 17.4 Å². The second-order valence-electron chi connectivity index (χ2n) is 10.7. The maximum Gasteiger partial charge on any atom is 0.490 e. The van der Waals surface area contributed by atoms with Gasteiger partial charge in [0.25, 0.3) is 0 Å². The lowest BCUT2D eigenvalue weighted by atomic mass is 10.1. The van der Waals surface area contributed by atoms with E-state index in [1.165, 1.54) is 23.5 Å². The van der Waals surface area contributed by atoms with Crippen LogP contribution in [0.4, 0.5) is 43.8 Å². The van der Waals surface area contributed by atoms with Gasteiger partial charge < -0.3 is 15.3 Å². The summed E-state index contributed by atoms with van der Waals surface area (Å²) in [5.41, 5.74) is 1.07. The number of carboxylic acids is 1. The van der Waals surface area contributed by atoms with Crippen LogP contribution in [-0.4, -0.2) is 69.8 Å². The number of rotatable bonds is 7. The third-order valence-corrected chi connectivity index (χ3v) is 8.33. The van der Waals surface area contributed by atoms with Crippen LogP contribution < -0.4 is 10.2 Å². The van der Waals surface area contributed by atoms with Gasteiger partial charge in [0.05, 0.1) is 5.56 Å². The van der Waals surface area contributed by atoms with E-state index in [0.717, 1.165) is 55.4 Å². The zero-order chi connectivity index (χ0) is 33.8. The monoisotopic (exact) mass is 708 g/mol. The topological polar surface area (TPSA) is 94.5 Å². The number of carboxylic acid groups (broad SMARTS) is 1. The van der Waals surface area contributed by atoms with Gasteiger partial charge in [-0.2, -0.15) is 36.3 Å². The Labute approximate surface area is 274 Å². The van der Waals surface area contributed by atoms with E-state index in [2.05, 4.69) is 29.0 Å². The number of alkyl halides is 6. The van der Waals surface area contributed by atoms with Crippen molar-refractivity contribution in [2.24, 2.45) is 5.92 Å². The molecule has 2 aromatic heterocycles. The molecule has 0 bridgehead atoms. The van der Waals surface area contributed by atoms with Crippen molar-refractivity contribution >= 4 is 68.3 Å². The molecule has 0 aliphatic carbocycles. The average Bonchev–Trinajstić information content (AvgIpc) is 3.38. The van der Waals surface area contributed by atoms with Gasteiger partial charge >= 0.3 is 18.3 Å². The molecule has 0 saturated carbocycles. The van der Waals surface area contributed by atoms with Crippen molar-refractivity contribution in [2.75, 3.05) is 42.9 Å². The molecule has 248 valence electrons. The fourth-order valence-corrected chi connectivity index (χ4v) is 6.01. The highest BCUT2D eigenvalue weighted by Crippen LogP contribution is 2.35. The fourth-order valence-electron chi connectivity index (χ4n) is 4.54. The van der Waals surface area contributed by atoms with Crippen molar-refractivity contribution in [3.63, 3.8) is 0 Å². The lowest BCUT2D eigenvalue weighted by Gasteiger charge is -2.35. The van der Waals surface area contributed by atoms with Crippen LogP contribution in [0.15, 0.2) is 42.5 Å². The van der Waals surface area contributed by atoms with Gasteiger partial charge in [0, 0.05) is 54.9 Å². The van der Waals surface area contributed by atoms with Gasteiger partial charge in [-0.05, 0) is 47.9 Å². The summed E-state index contributed by atoms with van der Waals surface area (Å²) in [5.74, 6) is -1.17. The number of nitrogens with zero attached hydrogens (tertiary/aromatic N) is 5. The number of benzene rings is 2. The number of anilines is 3. The zero-order valence-electron chi connectivity index (χ0n) is 24.4. The number of halogens is 8. The number of thiazole rings is 1. The molecular formula is C29H28Cl2F6N6O2S. The molecule has 3 heterocycles. The first-order valence-corrected chi connectivity index (χ1v) is 15.4. The van der Waals surface area contributed by atoms with Crippen molar-refractivity contribution in [1.29, 1.82) is 0 Å². The molecule has 46 heavy (non-hydrogen) atoms. The van der Waals surface area contributed by atoms with Crippen LogP contribution in [0.3, 0.4) is 0 Å². The summed E-state index contributed by atoms with van der Waals surface area (Å²) in [4.78, 5) is 28.5. The van der Waals surface area contributed by atoms with Gasteiger partial charge in [-0.15, -0.1) is 0 Å². The molecule has 0 spiro atoms. The SMILES string of the molecule is CC(C)CN1CCN(c2nc(Nc3ccc(C(F)(F)F)cc3)c3nc(Cc4c(Cl)cccc4Cl)sc3n2)CC1.O=C(O)C(F)(F)F. The van der Waals surface area contributed by atoms with Crippen molar-refractivity contribution in [3.05, 3.63) is 68.6 Å². The molecule has 0 atom stereocenters. The standard InChI is InChI=1S/C27H27Cl2F3N6S.C2HF3O2/c1-16(2)15-37-10-12-38(13-11-37)26-35-24(33-18-8-6-17(7-9-18)27(30,31)32)23-25(36-26)39-22(34-23)14-19-20(28)4-3-5-21(19)29;3-2(4,5)1(6)7/h3-9,16H,10-15H2,1-2H3,(H,33,35,36);(H,6,7). The van der Waals surface area contributed by atoms with E-state index in [0.29, 0.717) is 50.2 Å². The molecular weight excluding hydrogens is 681 g/mol. The molecule has 8 nitrogen and oxygen atoms in total. The minimum absolute atomic E-state index is 0.419. The van der Waals surface area contributed by atoms with Crippen LogP contribution in [0, 0.1) is 5.92 Å². The second-order valence-corrected chi connectivity index (χ2v) is 12.6. The Morgan fingerprint density at radius 3 is 2.07 bits per heavy atom.